The Bertz CT molecular complexity index is 1160. The Labute approximate surface area is 237 Å². The van der Waals surface area contributed by atoms with Crippen LogP contribution in [0.2, 0.25) is 0 Å². The van der Waals surface area contributed by atoms with Crippen molar-refractivity contribution >= 4 is 23.8 Å². The van der Waals surface area contributed by atoms with E-state index in [4.69, 9.17) is 4.74 Å². The van der Waals surface area contributed by atoms with Gasteiger partial charge in [0.1, 0.15) is 24.4 Å². The quantitative estimate of drug-likeness (QED) is 0.454. The Morgan fingerprint density at radius 3 is 2.40 bits per heavy atom. The van der Waals surface area contributed by atoms with Gasteiger partial charge in [0.15, 0.2) is 0 Å². The first kappa shape index (κ1) is 30.8. The first-order valence-corrected chi connectivity index (χ1v) is 13.9. The van der Waals surface area contributed by atoms with Crippen molar-refractivity contribution < 1.29 is 24.2 Å². The first-order chi connectivity index (χ1) is 19.3. The molecule has 0 radical (unpaired) electrons. The van der Waals surface area contributed by atoms with Crippen LogP contribution in [0.1, 0.15) is 44.2 Å². The zero-order valence-corrected chi connectivity index (χ0v) is 23.8. The number of hydrogen-bond donors (Lipinski definition) is 4. The number of aliphatic hydroxyl groups excluding tert-OH is 1. The molecular formula is C31H42N4O5. The summed E-state index contributed by atoms with van der Waals surface area (Å²) in [6.45, 7) is 6.21. The van der Waals surface area contributed by atoms with E-state index < -0.39 is 30.6 Å². The maximum atomic E-state index is 13.6. The standard InChI is InChI=1S/C31H42N4O5/c1-5-21(2)27-31(39)35(4)25(20-36)29(37)34-28(22(3)23-12-7-6-8-13-23)30(38)33-17-11-15-24-14-9-10-16-26(24)40-19-18-32-27/h6-16,21-22,25,27-28,32,36H,5,17-20H2,1-4H3,(H,33,38)(H,34,37)/b15-11+/t21?,22?,25-,27-,28+/m0/s1. The van der Waals surface area contributed by atoms with Crippen molar-refractivity contribution in [3.63, 3.8) is 0 Å². The van der Waals surface area contributed by atoms with Gasteiger partial charge in [0.25, 0.3) is 0 Å². The number of carbonyl (C=O) groups is 3. The SMILES string of the molecule is CCC(C)[C@@H]1NCCOc2ccccc2/C=C/CNC(=O)[C@@H](C(C)c2ccccc2)NC(=O)[C@H](CO)N(C)C1=O. The van der Waals surface area contributed by atoms with Crippen molar-refractivity contribution in [3.8, 4) is 5.75 Å². The minimum atomic E-state index is -1.17. The number of rotatable bonds is 5. The smallest absolute Gasteiger partial charge is 0.245 e. The van der Waals surface area contributed by atoms with Gasteiger partial charge in [0.2, 0.25) is 17.7 Å². The molecule has 1 heterocycles. The molecular weight excluding hydrogens is 508 g/mol. The summed E-state index contributed by atoms with van der Waals surface area (Å²) in [5, 5.41) is 19.2. The second-order valence-electron chi connectivity index (χ2n) is 10.2. The van der Waals surface area contributed by atoms with Crippen LogP contribution in [0.4, 0.5) is 0 Å². The molecule has 0 saturated heterocycles. The summed E-state index contributed by atoms with van der Waals surface area (Å²) in [7, 11) is 1.51. The van der Waals surface area contributed by atoms with Crippen LogP contribution in [0.3, 0.4) is 0 Å². The van der Waals surface area contributed by atoms with Crippen molar-refractivity contribution in [3.05, 3.63) is 71.8 Å². The molecule has 2 unspecified atom stereocenters. The summed E-state index contributed by atoms with van der Waals surface area (Å²) < 4.78 is 6.00. The molecule has 9 heteroatoms. The molecule has 4 N–H and O–H groups in total. The monoisotopic (exact) mass is 550 g/mol. The predicted molar refractivity (Wildman–Crippen MR) is 156 cm³/mol. The Morgan fingerprint density at radius 1 is 1.00 bits per heavy atom. The molecule has 0 spiro atoms. The van der Waals surface area contributed by atoms with E-state index in [1.165, 1.54) is 11.9 Å². The molecule has 5 atom stereocenters. The van der Waals surface area contributed by atoms with Crippen LogP contribution in [0.15, 0.2) is 60.7 Å². The van der Waals surface area contributed by atoms with Gasteiger partial charge in [-0.15, -0.1) is 0 Å². The van der Waals surface area contributed by atoms with Crippen molar-refractivity contribution in [1.29, 1.82) is 0 Å². The van der Waals surface area contributed by atoms with Gasteiger partial charge in [-0.3, -0.25) is 14.4 Å². The third-order valence-corrected chi connectivity index (χ3v) is 7.51. The zero-order valence-electron chi connectivity index (χ0n) is 23.8. The average molecular weight is 551 g/mol. The second kappa shape index (κ2) is 15.2. The van der Waals surface area contributed by atoms with Crippen LogP contribution >= 0.6 is 0 Å². The van der Waals surface area contributed by atoms with Crippen LogP contribution in [-0.2, 0) is 14.4 Å². The fourth-order valence-corrected chi connectivity index (χ4v) is 4.72. The highest BCUT2D eigenvalue weighted by molar-refractivity contribution is 5.93. The van der Waals surface area contributed by atoms with Gasteiger partial charge in [0.05, 0.1) is 12.6 Å². The van der Waals surface area contributed by atoms with E-state index in [0.29, 0.717) is 18.9 Å². The normalized spacial score (nSPS) is 23.9. The maximum absolute atomic E-state index is 13.6. The Balaban J connectivity index is 1.96. The van der Waals surface area contributed by atoms with Gasteiger partial charge in [0, 0.05) is 31.6 Å². The van der Waals surface area contributed by atoms with Crippen molar-refractivity contribution in [1.82, 2.24) is 20.9 Å². The number of carbonyl (C=O) groups excluding carboxylic acids is 3. The summed E-state index contributed by atoms with van der Waals surface area (Å²) in [5.74, 6) is -0.994. The van der Waals surface area contributed by atoms with E-state index in [9.17, 15) is 19.5 Å². The average Bonchev–Trinajstić information content (AvgIpc) is 2.97. The van der Waals surface area contributed by atoms with E-state index >= 15 is 0 Å². The number of nitrogens with one attached hydrogen (secondary N) is 3. The van der Waals surface area contributed by atoms with Crippen LogP contribution in [0.25, 0.3) is 6.08 Å². The molecule has 0 aliphatic carbocycles. The van der Waals surface area contributed by atoms with E-state index in [0.717, 1.165) is 17.5 Å². The molecule has 1 aliphatic heterocycles. The molecule has 0 saturated carbocycles. The van der Waals surface area contributed by atoms with Gasteiger partial charge in [-0.25, -0.2) is 0 Å². The predicted octanol–water partition coefficient (Wildman–Crippen LogP) is 2.32. The highest BCUT2D eigenvalue weighted by atomic mass is 16.5. The highest BCUT2D eigenvalue weighted by Crippen LogP contribution is 2.21. The number of fused-ring (bicyclic) bond motifs is 1. The number of benzene rings is 2. The van der Waals surface area contributed by atoms with Gasteiger partial charge < -0.3 is 30.7 Å². The van der Waals surface area contributed by atoms with Crippen LogP contribution in [0, 0.1) is 5.92 Å². The zero-order chi connectivity index (χ0) is 29.1. The lowest BCUT2D eigenvalue weighted by atomic mass is 9.92. The Morgan fingerprint density at radius 2 is 1.70 bits per heavy atom. The highest BCUT2D eigenvalue weighted by Gasteiger charge is 2.36. The van der Waals surface area contributed by atoms with Gasteiger partial charge in [-0.2, -0.15) is 0 Å². The van der Waals surface area contributed by atoms with E-state index in [1.807, 2.05) is 87.5 Å². The maximum Gasteiger partial charge on any atom is 0.245 e. The lowest BCUT2D eigenvalue weighted by Crippen LogP contribution is -2.59. The van der Waals surface area contributed by atoms with Crippen LogP contribution in [0.5, 0.6) is 5.75 Å². The summed E-state index contributed by atoms with van der Waals surface area (Å²) in [4.78, 5) is 41.7. The molecule has 0 bridgehead atoms. The number of aliphatic hydroxyl groups is 1. The van der Waals surface area contributed by atoms with Crippen LogP contribution in [-0.4, -0.2) is 79.2 Å². The number of amides is 3. The second-order valence-corrected chi connectivity index (χ2v) is 10.2. The minimum absolute atomic E-state index is 0.0326. The van der Waals surface area contributed by atoms with Crippen molar-refractivity contribution in [2.75, 3.05) is 33.4 Å². The number of ether oxygens (including phenoxy) is 1. The number of hydrogen-bond acceptors (Lipinski definition) is 6. The minimum Gasteiger partial charge on any atom is -0.492 e. The Kier molecular flexibility index (Phi) is 11.7. The number of para-hydroxylation sites is 1. The summed E-state index contributed by atoms with van der Waals surface area (Å²) >= 11 is 0. The van der Waals surface area contributed by atoms with Crippen molar-refractivity contribution in [2.45, 2.75) is 51.2 Å². The molecule has 216 valence electrons. The molecule has 2 aromatic rings. The van der Waals surface area contributed by atoms with E-state index in [2.05, 4.69) is 16.0 Å². The lowest BCUT2D eigenvalue weighted by Gasteiger charge is -2.33. The van der Waals surface area contributed by atoms with Crippen LogP contribution < -0.4 is 20.7 Å². The van der Waals surface area contributed by atoms with E-state index in [-0.39, 0.29) is 30.2 Å². The molecule has 9 nitrogen and oxygen atoms in total. The third kappa shape index (κ3) is 7.92. The Hall–Kier alpha value is -3.69. The number of nitrogens with zero attached hydrogens (tertiary/aromatic N) is 1. The fourth-order valence-electron chi connectivity index (χ4n) is 4.72. The fraction of sp³-hybridized carbons (Fsp3) is 0.452. The van der Waals surface area contributed by atoms with Gasteiger partial charge in [-0.05, 0) is 17.5 Å². The molecule has 40 heavy (non-hydrogen) atoms. The van der Waals surface area contributed by atoms with Crippen molar-refractivity contribution in [2.24, 2.45) is 5.92 Å². The van der Waals surface area contributed by atoms with Gasteiger partial charge in [-0.1, -0.05) is 87.9 Å². The molecule has 0 fully saturated rings. The lowest BCUT2D eigenvalue weighted by molar-refractivity contribution is -0.143. The van der Waals surface area contributed by atoms with E-state index in [1.54, 1.807) is 0 Å². The summed E-state index contributed by atoms with van der Waals surface area (Å²) in [5.41, 5.74) is 1.73. The molecule has 0 aromatic heterocycles. The largest absolute Gasteiger partial charge is 0.492 e. The molecule has 3 rings (SSSR count). The molecule has 2 aromatic carbocycles. The summed E-state index contributed by atoms with van der Waals surface area (Å²) in [6, 6.07) is 14.3. The topological polar surface area (TPSA) is 120 Å². The van der Waals surface area contributed by atoms with Gasteiger partial charge >= 0.3 is 0 Å². The third-order valence-electron chi connectivity index (χ3n) is 7.51. The number of likely N-dealkylation sites (N-methyl/N-ethyl adjacent to an activating group) is 1. The first-order valence-electron chi connectivity index (χ1n) is 13.9. The summed E-state index contributed by atoms with van der Waals surface area (Å²) in [6.07, 6.45) is 4.44. The molecule has 1 aliphatic rings. The molecule has 3 amide bonds.